The molecule has 94 valence electrons. The van der Waals surface area contributed by atoms with Crippen LogP contribution in [0.25, 0.3) is 0 Å². The molecule has 1 aromatic carbocycles. The van der Waals surface area contributed by atoms with Gasteiger partial charge in [-0.05, 0) is 42.9 Å². The monoisotopic (exact) mass is 247 g/mol. The maximum atomic E-state index is 12.9. The molecule has 3 rings (SSSR count). The van der Waals surface area contributed by atoms with E-state index in [1.807, 2.05) is 0 Å². The summed E-state index contributed by atoms with van der Waals surface area (Å²) in [6.45, 7) is 0. The van der Waals surface area contributed by atoms with E-state index in [0.29, 0.717) is 6.42 Å². The highest BCUT2D eigenvalue weighted by atomic mass is 19.1. The molecule has 18 heavy (non-hydrogen) atoms. The number of halogens is 1. The summed E-state index contributed by atoms with van der Waals surface area (Å²) in [4.78, 5) is 2.55. The maximum Gasteiger partial charge on any atom is 0.194 e. The Labute approximate surface area is 104 Å². The highest BCUT2D eigenvalue weighted by Crippen LogP contribution is 2.40. The maximum absolute atomic E-state index is 12.9. The molecule has 1 aliphatic rings. The minimum absolute atomic E-state index is 0.0503. The molecule has 3 N–H and O–H groups in total. The van der Waals surface area contributed by atoms with Crippen molar-refractivity contribution in [3.63, 3.8) is 0 Å². The molecule has 1 heterocycles. The fraction of sp³-hybridized carbons (Fsp3) is 0.286. The van der Waals surface area contributed by atoms with E-state index in [-0.39, 0.29) is 23.5 Å². The first-order valence-electron chi connectivity index (χ1n) is 6.02. The Morgan fingerprint density at radius 2 is 1.72 bits per heavy atom. The van der Waals surface area contributed by atoms with Gasteiger partial charge in [-0.1, -0.05) is 12.1 Å². The second-order valence-corrected chi connectivity index (χ2v) is 4.77. The van der Waals surface area contributed by atoms with Crippen LogP contribution in [0.5, 0.6) is 11.8 Å². The van der Waals surface area contributed by atoms with Gasteiger partial charge >= 0.3 is 0 Å². The van der Waals surface area contributed by atoms with Crippen LogP contribution in [0.4, 0.5) is 4.39 Å². The number of fused-ring (bicyclic) bond motifs is 1. The van der Waals surface area contributed by atoms with E-state index in [4.69, 9.17) is 0 Å². The molecule has 0 saturated heterocycles. The average molecular weight is 247 g/mol. The van der Waals surface area contributed by atoms with Crippen LogP contribution in [-0.4, -0.2) is 15.2 Å². The van der Waals surface area contributed by atoms with Gasteiger partial charge in [0.15, 0.2) is 11.8 Å². The normalized spacial score (nSPS) is 18.6. The van der Waals surface area contributed by atoms with E-state index in [1.165, 1.54) is 12.1 Å². The average Bonchev–Trinajstić information content (AvgIpc) is 2.66. The van der Waals surface area contributed by atoms with Gasteiger partial charge in [0.1, 0.15) is 5.82 Å². The number of aromatic amines is 1. The Hall–Kier alpha value is -1.97. The van der Waals surface area contributed by atoms with Gasteiger partial charge in [0.25, 0.3) is 0 Å². The summed E-state index contributed by atoms with van der Waals surface area (Å²) in [5.41, 5.74) is 2.67. The molecule has 1 unspecified atom stereocenters. The molecular formula is C14H14FNO2. The topological polar surface area (TPSA) is 56.2 Å². The van der Waals surface area contributed by atoms with Crippen molar-refractivity contribution in [1.82, 2.24) is 4.98 Å². The lowest BCUT2D eigenvalue weighted by atomic mass is 9.81. The number of rotatable bonds is 1. The van der Waals surface area contributed by atoms with E-state index >= 15 is 0 Å². The Morgan fingerprint density at radius 1 is 1.06 bits per heavy atom. The first kappa shape index (κ1) is 11.1. The van der Waals surface area contributed by atoms with Crippen molar-refractivity contribution in [2.24, 2.45) is 0 Å². The molecule has 2 aromatic rings. The van der Waals surface area contributed by atoms with Crippen molar-refractivity contribution in [3.05, 3.63) is 46.8 Å². The van der Waals surface area contributed by atoms with Gasteiger partial charge < -0.3 is 10.2 Å². The molecule has 3 nitrogen and oxygen atoms in total. The molecular weight excluding hydrogens is 233 g/mol. The standard InChI is InChI=1S/C14H14FNO2/c15-10-4-1-8(2-5-10)9-3-6-11-12(7-9)14(18)16-13(11)17/h1-2,4-5,9,16-18H,3,6-7H2. The zero-order valence-corrected chi connectivity index (χ0v) is 9.78. The van der Waals surface area contributed by atoms with Crippen LogP contribution >= 0.6 is 0 Å². The predicted octanol–water partition coefficient (Wildman–Crippen LogP) is 2.84. The van der Waals surface area contributed by atoms with Crippen molar-refractivity contribution >= 4 is 0 Å². The minimum atomic E-state index is -0.239. The van der Waals surface area contributed by atoms with Crippen LogP contribution in [0.15, 0.2) is 24.3 Å². The second kappa shape index (κ2) is 4.05. The summed E-state index contributed by atoms with van der Waals surface area (Å²) in [5.74, 6) is 0.144. The summed E-state index contributed by atoms with van der Waals surface area (Å²) >= 11 is 0. The third-order valence-corrected chi connectivity index (χ3v) is 3.71. The van der Waals surface area contributed by atoms with E-state index in [2.05, 4.69) is 4.98 Å². The fourth-order valence-corrected chi connectivity index (χ4v) is 2.72. The van der Waals surface area contributed by atoms with Gasteiger partial charge in [-0.2, -0.15) is 0 Å². The summed E-state index contributed by atoms with van der Waals surface area (Å²) in [6.07, 6.45) is 2.29. The number of H-pyrrole nitrogens is 1. The third kappa shape index (κ3) is 1.74. The third-order valence-electron chi connectivity index (χ3n) is 3.71. The van der Waals surface area contributed by atoms with E-state index < -0.39 is 0 Å². The SMILES string of the molecule is Oc1[nH]c(O)c2c1CCC(c1ccc(F)cc1)C2. The first-order valence-corrected chi connectivity index (χ1v) is 6.02. The van der Waals surface area contributed by atoms with Crippen LogP contribution in [0.2, 0.25) is 0 Å². The molecule has 1 atom stereocenters. The lowest BCUT2D eigenvalue weighted by Gasteiger charge is -2.22. The van der Waals surface area contributed by atoms with Crippen LogP contribution < -0.4 is 0 Å². The number of hydrogen-bond donors (Lipinski definition) is 3. The number of nitrogens with one attached hydrogen (secondary N) is 1. The Kier molecular flexibility index (Phi) is 2.51. The van der Waals surface area contributed by atoms with Gasteiger partial charge in [0, 0.05) is 11.1 Å². The lowest BCUT2D eigenvalue weighted by molar-refractivity contribution is 0.422. The molecule has 1 aliphatic carbocycles. The van der Waals surface area contributed by atoms with Crippen LogP contribution in [0.3, 0.4) is 0 Å². The molecule has 0 bridgehead atoms. The highest BCUT2D eigenvalue weighted by Gasteiger charge is 2.26. The number of aromatic hydroxyl groups is 2. The van der Waals surface area contributed by atoms with Gasteiger partial charge in [-0.25, -0.2) is 4.39 Å². The molecule has 4 heteroatoms. The van der Waals surface area contributed by atoms with Crippen molar-refractivity contribution in [1.29, 1.82) is 0 Å². The number of hydrogen-bond acceptors (Lipinski definition) is 2. The van der Waals surface area contributed by atoms with Gasteiger partial charge in [-0.3, -0.25) is 4.98 Å². The first-order chi connectivity index (χ1) is 8.65. The minimum Gasteiger partial charge on any atom is -0.494 e. The Morgan fingerprint density at radius 3 is 2.44 bits per heavy atom. The van der Waals surface area contributed by atoms with E-state index in [9.17, 15) is 14.6 Å². The van der Waals surface area contributed by atoms with Crippen molar-refractivity contribution in [2.45, 2.75) is 25.2 Å². The van der Waals surface area contributed by atoms with Gasteiger partial charge in [0.05, 0.1) is 0 Å². The fourth-order valence-electron chi connectivity index (χ4n) is 2.72. The van der Waals surface area contributed by atoms with Gasteiger partial charge in [-0.15, -0.1) is 0 Å². The van der Waals surface area contributed by atoms with Crippen LogP contribution in [0.1, 0.15) is 29.0 Å². The van der Waals surface area contributed by atoms with E-state index in [0.717, 1.165) is 29.5 Å². The highest BCUT2D eigenvalue weighted by molar-refractivity contribution is 5.46. The van der Waals surface area contributed by atoms with Crippen LogP contribution in [-0.2, 0) is 12.8 Å². The molecule has 0 saturated carbocycles. The number of benzene rings is 1. The summed E-state index contributed by atoms with van der Waals surface area (Å²) in [6, 6.07) is 6.49. The van der Waals surface area contributed by atoms with Crippen LogP contribution in [0, 0.1) is 5.82 Å². The van der Waals surface area contributed by atoms with Crippen molar-refractivity contribution < 1.29 is 14.6 Å². The van der Waals surface area contributed by atoms with Crippen molar-refractivity contribution in [2.75, 3.05) is 0 Å². The van der Waals surface area contributed by atoms with E-state index in [1.54, 1.807) is 12.1 Å². The summed E-state index contributed by atoms with van der Waals surface area (Å²) in [5, 5.41) is 19.3. The lowest BCUT2D eigenvalue weighted by Crippen LogP contribution is -2.11. The summed E-state index contributed by atoms with van der Waals surface area (Å²) in [7, 11) is 0. The van der Waals surface area contributed by atoms with Crippen molar-refractivity contribution in [3.8, 4) is 11.8 Å². The van der Waals surface area contributed by atoms with Gasteiger partial charge in [0.2, 0.25) is 0 Å². The molecule has 0 radical (unpaired) electrons. The number of aromatic nitrogens is 1. The second-order valence-electron chi connectivity index (χ2n) is 4.77. The smallest absolute Gasteiger partial charge is 0.194 e. The quantitative estimate of drug-likeness (QED) is 0.725. The predicted molar refractivity (Wildman–Crippen MR) is 65.3 cm³/mol. The summed E-state index contributed by atoms with van der Waals surface area (Å²) < 4.78 is 12.9. The largest absolute Gasteiger partial charge is 0.494 e. The Bertz CT molecular complexity index is 574. The molecule has 1 aromatic heterocycles. The molecule has 0 fully saturated rings. The molecule has 0 aliphatic heterocycles. The molecule has 0 spiro atoms. The zero-order valence-electron chi connectivity index (χ0n) is 9.78. The zero-order chi connectivity index (χ0) is 12.7. The molecule has 0 amide bonds. The Balaban J connectivity index is 1.90.